The number of aryl methyl sites for hydroxylation is 1. The molecule has 2 aromatic rings. The first-order chi connectivity index (χ1) is 9.38. The number of nitrogens with one attached hydrogen (secondary N) is 1. The third-order valence-corrected chi connectivity index (χ3v) is 4.30. The zero-order valence-electron chi connectivity index (χ0n) is 10.9. The maximum Gasteiger partial charge on any atom is 0.241 e. The summed E-state index contributed by atoms with van der Waals surface area (Å²) in [5.74, 6) is -0.679. The molecule has 0 saturated heterocycles. The highest BCUT2D eigenvalue weighted by Crippen LogP contribution is 2.16. The van der Waals surface area contributed by atoms with Crippen LogP contribution in [0.4, 0.5) is 10.1 Å². The molecule has 3 N–H and O–H groups in total. The van der Waals surface area contributed by atoms with Gasteiger partial charge in [0.2, 0.25) is 10.0 Å². The predicted octanol–water partition coefficient (Wildman–Crippen LogP) is 2.19. The molecule has 20 heavy (non-hydrogen) atoms. The highest BCUT2D eigenvalue weighted by atomic mass is 32.2. The third kappa shape index (κ3) is 3.34. The summed E-state index contributed by atoms with van der Waals surface area (Å²) in [6.07, 6.45) is 0. The first kappa shape index (κ1) is 14.5. The Morgan fingerprint density at radius 2 is 1.90 bits per heavy atom. The second-order valence-electron chi connectivity index (χ2n) is 4.47. The number of hydrogen-bond acceptors (Lipinski definition) is 3. The Balaban J connectivity index is 2.22. The lowest BCUT2D eigenvalue weighted by Crippen LogP contribution is -2.23. The van der Waals surface area contributed by atoms with Crippen LogP contribution in [-0.2, 0) is 16.6 Å². The van der Waals surface area contributed by atoms with Gasteiger partial charge in [0, 0.05) is 12.2 Å². The van der Waals surface area contributed by atoms with Crippen molar-refractivity contribution in [1.29, 1.82) is 0 Å². The number of nitrogens with two attached hydrogens (primary N) is 1. The molecule has 106 valence electrons. The van der Waals surface area contributed by atoms with Gasteiger partial charge in [0.15, 0.2) is 0 Å². The van der Waals surface area contributed by atoms with Crippen LogP contribution < -0.4 is 10.5 Å². The summed E-state index contributed by atoms with van der Waals surface area (Å²) >= 11 is 0. The fraction of sp³-hybridized carbons (Fsp3) is 0.143. The van der Waals surface area contributed by atoms with E-state index < -0.39 is 15.8 Å². The summed E-state index contributed by atoms with van der Waals surface area (Å²) < 4.78 is 39.8. The number of nitrogen functional groups attached to an aromatic ring is 1. The van der Waals surface area contributed by atoms with E-state index in [4.69, 9.17) is 5.73 Å². The van der Waals surface area contributed by atoms with E-state index in [0.29, 0.717) is 0 Å². The van der Waals surface area contributed by atoms with Gasteiger partial charge in [0.1, 0.15) is 5.82 Å². The molecule has 6 heteroatoms. The maximum absolute atomic E-state index is 13.2. The Labute approximate surface area is 117 Å². The summed E-state index contributed by atoms with van der Waals surface area (Å²) in [6.45, 7) is 2.04. The summed E-state index contributed by atoms with van der Waals surface area (Å²) in [6, 6.07) is 10.7. The van der Waals surface area contributed by atoms with E-state index in [1.54, 1.807) is 0 Å². The SMILES string of the molecule is Cc1ccccc1CNS(=O)(=O)c1cc(N)cc(F)c1. The minimum Gasteiger partial charge on any atom is -0.399 e. The van der Waals surface area contributed by atoms with Crippen LogP contribution in [0.1, 0.15) is 11.1 Å². The van der Waals surface area contributed by atoms with Gasteiger partial charge < -0.3 is 5.73 Å². The summed E-state index contributed by atoms with van der Waals surface area (Å²) in [5, 5.41) is 0. The van der Waals surface area contributed by atoms with Gasteiger partial charge in [-0.25, -0.2) is 17.5 Å². The average Bonchev–Trinajstić information content (AvgIpc) is 2.37. The summed E-state index contributed by atoms with van der Waals surface area (Å²) in [4.78, 5) is -0.177. The topological polar surface area (TPSA) is 72.2 Å². The average molecular weight is 294 g/mol. The minimum atomic E-state index is -3.79. The van der Waals surface area contributed by atoms with Crippen molar-refractivity contribution in [2.24, 2.45) is 0 Å². The monoisotopic (exact) mass is 294 g/mol. The molecule has 0 aliphatic heterocycles. The lowest BCUT2D eigenvalue weighted by atomic mass is 10.1. The molecule has 0 unspecified atom stereocenters. The molecule has 0 aromatic heterocycles. The molecular weight excluding hydrogens is 279 g/mol. The molecule has 0 amide bonds. The van der Waals surface area contributed by atoms with Crippen molar-refractivity contribution in [1.82, 2.24) is 4.72 Å². The van der Waals surface area contributed by atoms with Crippen LogP contribution in [0.2, 0.25) is 0 Å². The van der Waals surface area contributed by atoms with E-state index in [1.165, 1.54) is 6.07 Å². The molecule has 0 atom stereocenters. The van der Waals surface area contributed by atoms with E-state index in [1.807, 2.05) is 31.2 Å². The second kappa shape index (κ2) is 5.60. The van der Waals surface area contributed by atoms with Gasteiger partial charge in [-0.2, -0.15) is 0 Å². The van der Waals surface area contributed by atoms with E-state index in [9.17, 15) is 12.8 Å². The zero-order chi connectivity index (χ0) is 14.8. The van der Waals surface area contributed by atoms with Crippen molar-refractivity contribution >= 4 is 15.7 Å². The Morgan fingerprint density at radius 3 is 2.55 bits per heavy atom. The quantitative estimate of drug-likeness (QED) is 0.849. The van der Waals surface area contributed by atoms with E-state index in [2.05, 4.69) is 4.72 Å². The van der Waals surface area contributed by atoms with Crippen molar-refractivity contribution in [3.63, 3.8) is 0 Å². The first-order valence-electron chi connectivity index (χ1n) is 5.99. The predicted molar refractivity (Wildman–Crippen MR) is 76.0 cm³/mol. The molecule has 0 radical (unpaired) electrons. The molecular formula is C14H15FN2O2S. The molecule has 0 heterocycles. The van der Waals surface area contributed by atoms with Gasteiger partial charge in [-0.1, -0.05) is 24.3 Å². The van der Waals surface area contributed by atoms with Crippen LogP contribution in [0.5, 0.6) is 0 Å². The van der Waals surface area contributed by atoms with Gasteiger partial charge in [0.25, 0.3) is 0 Å². The Hall–Kier alpha value is -1.92. The third-order valence-electron chi connectivity index (χ3n) is 2.92. The van der Waals surface area contributed by atoms with Crippen LogP contribution in [0.3, 0.4) is 0 Å². The molecule has 0 aliphatic carbocycles. The fourth-order valence-electron chi connectivity index (χ4n) is 1.80. The van der Waals surface area contributed by atoms with Gasteiger partial charge >= 0.3 is 0 Å². The summed E-state index contributed by atoms with van der Waals surface area (Å²) in [5.41, 5.74) is 7.37. The van der Waals surface area contributed by atoms with Crippen LogP contribution in [0.15, 0.2) is 47.4 Å². The van der Waals surface area contributed by atoms with Crippen LogP contribution >= 0.6 is 0 Å². The highest BCUT2D eigenvalue weighted by Gasteiger charge is 2.15. The molecule has 0 saturated carbocycles. The summed E-state index contributed by atoms with van der Waals surface area (Å²) in [7, 11) is -3.79. The lowest BCUT2D eigenvalue weighted by Gasteiger charge is -2.09. The number of rotatable bonds is 4. The van der Waals surface area contributed by atoms with E-state index in [-0.39, 0.29) is 17.1 Å². The van der Waals surface area contributed by atoms with Crippen molar-refractivity contribution < 1.29 is 12.8 Å². The normalized spacial score (nSPS) is 11.5. The van der Waals surface area contributed by atoms with Crippen molar-refractivity contribution in [3.05, 3.63) is 59.4 Å². The van der Waals surface area contributed by atoms with Crippen molar-refractivity contribution in [3.8, 4) is 0 Å². The molecule has 2 aromatic carbocycles. The van der Waals surface area contributed by atoms with Crippen LogP contribution in [-0.4, -0.2) is 8.42 Å². The van der Waals surface area contributed by atoms with Gasteiger partial charge in [-0.15, -0.1) is 0 Å². The molecule has 0 aliphatic rings. The van der Waals surface area contributed by atoms with Crippen LogP contribution in [0, 0.1) is 12.7 Å². The molecule has 4 nitrogen and oxygen atoms in total. The van der Waals surface area contributed by atoms with E-state index in [0.717, 1.165) is 23.3 Å². The number of anilines is 1. The smallest absolute Gasteiger partial charge is 0.241 e. The van der Waals surface area contributed by atoms with Gasteiger partial charge in [-0.3, -0.25) is 0 Å². The second-order valence-corrected chi connectivity index (χ2v) is 6.24. The van der Waals surface area contributed by atoms with Crippen molar-refractivity contribution in [2.45, 2.75) is 18.4 Å². The van der Waals surface area contributed by atoms with Gasteiger partial charge in [0.05, 0.1) is 4.90 Å². The number of hydrogen-bond donors (Lipinski definition) is 2. The fourth-order valence-corrected chi connectivity index (χ4v) is 2.88. The first-order valence-corrected chi connectivity index (χ1v) is 7.47. The van der Waals surface area contributed by atoms with Crippen molar-refractivity contribution in [2.75, 3.05) is 5.73 Å². The number of halogens is 1. The minimum absolute atomic E-state index is 0.0706. The van der Waals surface area contributed by atoms with Gasteiger partial charge in [-0.05, 0) is 36.2 Å². The Bertz CT molecular complexity index is 709. The molecule has 0 bridgehead atoms. The molecule has 0 fully saturated rings. The maximum atomic E-state index is 13.2. The molecule has 2 rings (SSSR count). The lowest BCUT2D eigenvalue weighted by molar-refractivity contribution is 0.577. The molecule has 0 spiro atoms. The Kier molecular flexibility index (Phi) is 4.06. The largest absolute Gasteiger partial charge is 0.399 e. The highest BCUT2D eigenvalue weighted by molar-refractivity contribution is 7.89. The Morgan fingerprint density at radius 1 is 1.20 bits per heavy atom. The van der Waals surface area contributed by atoms with Crippen LogP contribution in [0.25, 0.3) is 0 Å². The zero-order valence-corrected chi connectivity index (χ0v) is 11.7. The standard InChI is InChI=1S/C14H15FN2O2S/c1-10-4-2-3-5-11(10)9-17-20(18,19)14-7-12(15)6-13(16)8-14/h2-8,17H,9,16H2,1H3. The van der Waals surface area contributed by atoms with E-state index >= 15 is 0 Å². The number of benzene rings is 2. The number of sulfonamides is 1.